The Balaban J connectivity index is 1.58. The fraction of sp³-hybridized carbons (Fsp3) is 0.391. The number of fused-ring (bicyclic) bond motifs is 3. The van der Waals surface area contributed by atoms with Crippen molar-refractivity contribution in [2.45, 2.75) is 57.4 Å². The molecule has 0 aliphatic heterocycles. The van der Waals surface area contributed by atoms with Crippen LogP contribution in [0.3, 0.4) is 0 Å². The molecule has 0 amide bonds. The molecule has 3 N–H and O–H groups in total. The zero-order valence-corrected chi connectivity index (χ0v) is 15.3. The Morgan fingerprint density at radius 2 is 1.84 bits per heavy atom. The summed E-state index contributed by atoms with van der Waals surface area (Å²) in [5, 5.41) is 1.35. The highest BCUT2D eigenvalue weighted by atomic mass is 14.9. The van der Waals surface area contributed by atoms with Gasteiger partial charge in [0, 0.05) is 16.6 Å². The average molecular weight is 332 g/mol. The number of para-hydroxylation sites is 1. The van der Waals surface area contributed by atoms with Crippen molar-refractivity contribution >= 4 is 10.9 Å². The number of benzene rings is 2. The van der Waals surface area contributed by atoms with E-state index >= 15 is 0 Å². The predicted molar refractivity (Wildman–Crippen MR) is 106 cm³/mol. The largest absolute Gasteiger partial charge is 0.357 e. The minimum atomic E-state index is -0.233. The summed E-state index contributed by atoms with van der Waals surface area (Å²) >= 11 is 0. The van der Waals surface area contributed by atoms with E-state index in [1.807, 2.05) is 0 Å². The Hall–Kier alpha value is -2.06. The Morgan fingerprint density at radius 1 is 1.08 bits per heavy atom. The van der Waals surface area contributed by atoms with Gasteiger partial charge in [-0.2, -0.15) is 0 Å². The molecule has 2 heteroatoms. The molecule has 1 aromatic heterocycles. The number of hydrogen-bond donors (Lipinski definition) is 2. The molecule has 1 unspecified atom stereocenters. The fourth-order valence-electron chi connectivity index (χ4n) is 4.28. The van der Waals surface area contributed by atoms with Gasteiger partial charge in [-0.3, -0.25) is 0 Å². The zero-order chi connectivity index (χ0) is 17.4. The van der Waals surface area contributed by atoms with Crippen molar-refractivity contribution in [3.05, 3.63) is 70.9 Å². The first-order valence-electron chi connectivity index (χ1n) is 9.54. The first kappa shape index (κ1) is 16.4. The van der Waals surface area contributed by atoms with E-state index in [1.165, 1.54) is 39.7 Å². The third-order valence-electron chi connectivity index (χ3n) is 5.87. The second-order valence-electron chi connectivity index (χ2n) is 7.93. The highest BCUT2D eigenvalue weighted by molar-refractivity contribution is 5.85. The molecule has 0 radical (unpaired) electrons. The van der Waals surface area contributed by atoms with Gasteiger partial charge >= 0.3 is 0 Å². The Kier molecular flexibility index (Phi) is 4.16. The summed E-state index contributed by atoms with van der Waals surface area (Å²) < 4.78 is 0. The Labute approximate surface area is 150 Å². The number of aromatic nitrogens is 1. The van der Waals surface area contributed by atoms with Crippen LogP contribution in [0.4, 0.5) is 0 Å². The summed E-state index contributed by atoms with van der Waals surface area (Å²) in [6.45, 7) is 4.48. The molecule has 1 atom stereocenters. The number of nitrogens with two attached hydrogens (primary N) is 1. The van der Waals surface area contributed by atoms with Gasteiger partial charge in [0.05, 0.1) is 5.54 Å². The van der Waals surface area contributed by atoms with Gasteiger partial charge in [-0.05, 0) is 60.8 Å². The van der Waals surface area contributed by atoms with Crippen molar-refractivity contribution in [3.8, 4) is 0 Å². The van der Waals surface area contributed by atoms with Crippen LogP contribution in [0.1, 0.15) is 61.4 Å². The highest BCUT2D eigenvalue weighted by Gasteiger charge is 2.34. The van der Waals surface area contributed by atoms with Gasteiger partial charge < -0.3 is 10.7 Å². The van der Waals surface area contributed by atoms with Crippen molar-refractivity contribution in [2.75, 3.05) is 0 Å². The second-order valence-corrected chi connectivity index (χ2v) is 7.93. The minimum absolute atomic E-state index is 0.233. The normalized spacial score (nSPS) is 20.2. The first-order valence-corrected chi connectivity index (χ1v) is 9.54. The molecule has 2 nitrogen and oxygen atoms in total. The maximum atomic E-state index is 6.93. The molecule has 0 saturated carbocycles. The van der Waals surface area contributed by atoms with E-state index in [4.69, 9.17) is 5.73 Å². The van der Waals surface area contributed by atoms with Crippen molar-refractivity contribution in [3.63, 3.8) is 0 Å². The smallest absolute Gasteiger partial charge is 0.0568 e. The highest BCUT2D eigenvalue weighted by Crippen LogP contribution is 2.39. The standard InChI is InChI=1S/C23H28N2/c1-16(2)18-11-9-17(10-12-18)13-15-23(24)14-5-7-20-19-6-3-4-8-21(19)25-22(20)23/h3-4,6,8-12,16,25H,5,7,13-15,24H2,1-2H3. The van der Waals surface area contributed by atoms with E-state index in [9.17, 15) is 0 Å². The number of aryl methyl sites for hydroxylation is 2. The zero-order valence-electron chi connectivity index (χ0n) is 15.3. The van der Waals surface area contributed by atoms with Gasteiger partial charge in [0.25, 0.3) is 0 Å². The maximum Gasteiger partial charge on any atom is 0.0568 e. The van der Waals surface area contributed by atoms with Gasteiger partial charge in [0.1, 0.15) is 0 Å². The van der Waals surface area contributed by atoms with Crippen LogP contribution in [0.5, 0.6) is 0 Å². The summed E-state index contributed by atoms with van der Waals surface area (Å²) in [6.07, 6.45) is 5.41. The number of hydrogen-bond acceptors (Lipinski definition) is 1. The van der Waals surface area contributed by atoms with Crippen LogP contribution in [0.15, 0.2) is 48.5 Å². The van der Waals surface area contributed by atoms with Crippen LogP contribution in [0, 0.1) is 0 Å². The summed E-state index contributed by atoms with van der Waals surface area (Å²) in [6, 6.07) is 17.7. The first-order chi connectivity index (χ1) is 12.1. The SMILES string of the molecule is CC(C)c1ccc(CCC2(N)CCCc3c2[nH]c2ccccc32)cc1. The van der Waals surface area contributed by atoms with E-state index in [0.29, 0.717) is 5.92 Å². The van der Waals surface area contributed by atoms with E-state index in [2.05, 4.69) is 67.4 Å². The average Bonchev–Trinajstić information content (AvgIpc) is 3.01. The number of H-pyrrole nitrogens is 1. The molecule has 1 aliphatic carbocycles. The van der Waals surface area contributed by atoms with Crippen LogP contribution in [0.2, 0.25) is 0 Å². The van der Waals surface area contributed by atoms with Crippen LogP contribution in [0.25, 0.3) is 10.9 Å². The second kappa shape index (κ2) is 6.34. The summed E-state index contributed by atoms with van der Waals surface area (Å²) in [5.41, 5.74) is 13.4. The van der Waals surface area contributed by atoms with Gasteiger partial charge in [0.15, 0.2) is 0 Å². The lowest BCUT2D eigenvalue weighted by atomic mass is 9.77. The quantitative estimate of drug-likeness (QED) is 0.658. The molecule has 0 bridgehead atoms. The third-order valence-corrected chi connectivity index (χ3v) is 5.87. The van der Waals surface area contributed by atoms with Crippen LogP contribution >= 0.6 is 0 Å². The lowest BCUT2D eigenvalue weighted by molar-refractivity contribution is 0.339. The maximum absolute atomic E-state index is 6.93. The predicted octanol–water partition coefficient (Wildman–Crippen LogP) is 5.41. The molecule has 0 saturated heterocycles. The summed E-state index contributed by atoms with van der Waals surface area (Å²) in [4.78, 5) is 3.64. The molecule has 3 aromatic rings. The molecule has 0 spiro atoms. The lowest BCUT2D eigenvalue weighted by Crippen LogP contribution is -2.40. The minimum Gasteiger partial charge on any atom is -0.357 e. The molecule has 25 heavy (non-hydrogen) atoms. The molecular weight excluding hydrogens is 304 g/mol. The van der Waals surface area contributed by atoms with Gasteiger partial charge in [-0.1, -0.05) is 56.3 Å². The van der Waals surface area contributed by atoms with Crippen LogP contribution in [-0.4, -0.2) is 4.98 Å². The van der Waals surface area contributed by atoms with Crippen molar-refractivity contribution < 1.29 is 0 Å². The van der Waals surface area contributed by atoms with E-state index in [-0.39, 0.29) is 5.54 Å². The lowest BCUT2D eigenvalue weighted by Gasteiger charge is -2.34. The van der Waals surface area contributed by atoms with Gasteiger partial charge in [0.2, 0.25) is 0 Å². The van der Waals surface area contributed by atoms with E-state index in [0.717, 1.165) is 25.7 Å². The molecule has 1 heterocycles. The van der Waals surface area contributed by atoms with E-state index in [1.54, 1.807) is 0 Å². The monoisotopic (exact) mass is 332 g/mol. The molecular formula is C23H28N2. The Morgan fingerprint density at radius 3 is 2.60 bits per heavy atom. The molecule has 2 aromatic carbocycles. The molecule has 0 fully saturated rings. The van der Waals surface area contributed by atoms with Gasteiger partial charge in [-0.25, -0.2) is 0 Å². The molecule has 130 valence electrons. The van der Waals surface area contributed by atoms with Gasteiger partial charge in [-0.15, -0.1) is 0 Å². The van der Waals surface area contributed by atoms with Crippen LogP contribution in [-0.2, 0) is 18.4 Å². The third kappa shape index (κ3) is 3.00. The van der Waals surface area contributed by atoms with E-state index < -0.39 is 0 Å². The summed E-state index contributed by atoms with van der Waals surface area (Å²) in [5.74, 6) is 0.585. The van der Waals surface area contributed by atoms with Crippen LogP contribution < -0.4 is 5.73 Å². The van der Waals surface area contributed by atoms with Crippen molar-refractivity contribution in [1.82, 2.24) is 4.98 Å². The van der Waals surface area contributed by atoms with Crippen molar-refractivity contribution in [2.24, 2.45) is 5.73 Å². The molecule has 4 rings (SSSR count). The number of rotatable bonds is 4. The van der Waals surface area contributed by atoms with Crippen molar-refractivity contribution in [1.29, 1.82) is 0 Å². The summed E-state index contributed by atoms with van der Waals surface area (Å²) in [7, 11) is 0. The fourth-order valence-corrected chi connectivity index (χ4v) is 4.28. The molecule has 1 aliphatic rings. The number of aromatic amines is 1. The number of nitrogens with one attached hydrogen (secondary N) is 1. The Bertz CT molecular complexity index is 873. The topological polar surface area (TPSA) is 41.8 Å².